The van der Waals surface area contributed by atoms with Crippen LogP contribution in [0.25, 0.3) is 0 Å². The summed E-state index contributed by atoms with van der Waals surface area (Å²) in [4.78, 5) is 18.4. The number of rotatable bonds is 5. The Bertz CT molecular complexity index is 491. The van der Waals surface area contributed by atoms with Gasteiger partial charge in [0.05, 0.1) is 30.7 Å². The minimum atomic E-state index is -0.399. The predicted molar refractivity (Wildman–Crippen MR) is 81.4 cm³/mol. The van der Waals surface area contributed by atoms with E-state index < -0.39 is 5.97 Å². The second-order valence-corrected chi connectivity index (χ2v) is 5.26. The van der Waals surface area contributed by atoms with Crippen molar-refractivity contribution < 1.29 is 14.3 Å². The number of aromatic nitrogens is 1. The van der Waals surface area contributed by atoms with Gasteiger partial charge >= 0.3 is 5.97 Å². The maximum atomic E-state index is 11.9. The second-order valence-electron chi connectivity index (χ2n) is 5.26. The molecule has 1 unspecified atom stereocenters. The normalized spacial score (nSPS) is 18.6. The van der Waals surface area contributed by atoms with E-state index in [0.717, 1.165) is 38.4 Å². The zero-order chi connectivity index (χ0) is 15.2. The Morgan fingerprint density at radius 3 is 3.10 bits per heavy atom. The molecule has 2 N–H and O–H groups in total. The molecule has 1 saturated heterocycles. The first-order valence-electron chi connectivity index (χ1n) is 7.32. The van der Waals surface area contributed by atoms with Gasteiger partial charge in [0.25, 0.3) is 0 Å². The second kappa shape index (κ2) is 7.26. The summed E-state index contributed by atoms with van der Waals surface area (Å²) < 4.78 is 10.3. The molecular weight excluding hydrogens is 270 g/mol. The lowest BCUT2D eigenvalue weighted by atomic mass is 9.99. The number of nitrogens with two attached hydrogens (primary N) is 1. The molecule has 0 bridgehead atoms. The van der Waals surface area contributed by atoms with Crippen LogP contribution in [0.15, 0.2) is 12.3 Å². The van der Waals surface area contributed by atoms with Gasteiger partial charge in [0.2, 0.25) is 0 Å². The van der Waals surface area contributed by atoms with Crippen molar-refractivity contribution in [3.05, 3.63) is 17.8 Å². The van der Waals surface area contributed by atoms with Gasteiger partial charge in [0.15, 0.2) is 0 Å². The average Bonchev–Trinajstić information content (AvgIpc) is 2.48. The van der Waals surface area contributed by atoms with Crippen LogP contribution in [-0.2, 0) is 9.47 Å². The zero-order valence-corrected chi connectivity index (χ0v) is 12.7. The summed E-state index contributed by atoms with van der Waals surface area (Å²) in [5.41, 5.74) is 6.56. The van der Waals surface area contributed by atoms with Crippen LogP contribution < -0.4 is 10.6 Å². The van der Waals surface area contributed by atoms with Crippen molar-refractivity contribution in [1.82, 2.24) is 4.98 Å². The highest BCUT2D eigenvalue weighted by atomic mass is 16.5. The number of ether oxygens (including phenoxy) is 2. The minimum absolute atomic E-state index is 0.329. The fourth-order valence-electron chi connectivity index (χ4n) is 2.66. The maximum Gasteiger partial charge on any atom is 0.340 e. The summed E-state index contributed by atoms with van der Waals surface area (Å²) >= 11 is 0. The Labute approximate surface area is 125 Å². The molecule has 1 aromatic heterocycles. The maximum absolute atomic E-state index is 11.9. The van der Waals surface area contributed by atoms with E-state index >= 15 is 0 Å². The van der Waals surface area contributed by atoms with Crippen LogP contribution in [0.4, 0.5) is 11.5 Å². The van der Waals surface area contributed by atoms with Gasteiger partial charge < -0.3 is 20.1 Å². The van der Waals surface area contributed by atoms with Crippen molar-refractivity contribution in [3.8, 4) is 0 Å². The lowest BCUT2D eigenvalue weighted by molar-refractivity contribution is 0.0527. The summed E-state index contributed by atoms with van der Waals surface area (Å²) in [6.45, 7) is 4.66. The topological polar surface area (TPSA) is 77.7 Å². The number of pyridine rings is 1. The number of nitrogens with zero attached hydrogens (tertiary/aromatic N) is 2. The van der Waals surface area contributed by atoms with E-state index in [2.05, 4.69) is 9.88 Å². The molecule has 6 heteroatoms. The Kier molecular flexibility index (Phi) is 5.38. The molecule has 0 spiro atoms. The first kappa shape index (κ1) is 15.6. The number of hydrogen-bond acceptors (Lipinski definition) is 6. The van der Waals surface area contributed by atoms with Gasteiger partial charge in [-0.25, -0.2) is 9.78 Å². The van der Waals surface area contributed by atoms with Gasteiger partial charge in [-0.3, -0.25) is 0 Å². The molecular formula is C15H23N3O3. The van der Waals surface area contributed by atoms with Crippen LogP contribution in [0.3, 0.4) is 0 Å². The number of carbonyl (C=O) groups is 1. The Morgan fingerprint density at radius 1 is 1.57 bits per heavy atom. The third kappa shape index (κ3) is 3.85. The fourth-order valence-corrected chi connectivity index (χ4v) is 2.66. The highest BCUT2D eigenvalue weighted by molar-refractivity contribution is 5.95. The highest BCUT2D eigenvalue weighted by Gasteiger charge is 2.22. The van der Waals surface area contributed by atoms with Gasteiger partial charge in [-0.1, -0.05) is 0 Å². The van der Waals surface area contributed by atoms with E-state index in [1.807, 2.05) is 0 Å². The van der Waals surface area contributed by atoms with Crippen LogP contribution in [0.5, 0.6) is 0 Å². The van der Waals surface area contributed by atoms with Gasteiger partial charge in [-0.2, -0.15) is 0 Å². The smallest absolute Gasteiger partial charge is 0.340 e. The van der Waals surface area contributed by atoms with Crippen molar-refractivity contribution >= 4 is 17.5 Å². The average molecular weight is 293 g/mol. The molecule has 0 saturated carbocycles. The molecule has 0 aliphatic carbocycles. The van der Waals surface area contributed by atoms with Gasteiger partial charge in [-0.15, -0.1) is 0 Å². The molecule has 0 amide bonds. The molecule has 1 aromatic rings. The fraction of sp³-hybridized carbons (Fsp3) is 0.600. The van der Waals surface area contributed by atoms with E-state index in [-0.39, 0.29) is 0 Å². The number of carbonyl (C=O) groups excluding carboxylic acids is 1. The van der Waals surface area contributed by atoms with Crippen LogP contribution in [-0.4, -0.2) is 44.4 Å². The third-order valence-corrected chi connectivity index (χ3v) is 3.66. The Hall–Kier alpha value is -1.82. The summed E-state index contributed by atoms with van der Waals surface area (Å²) in [7, 11) is 1.72. The summed E-state index contributed by atoms with van der Waals surface area (Å²) in [6.07, 6.45) is 3.78. The molecule has 1 aliphatic rings. The molecule has 2 rings (SSSR count). The number of hydrogen-bond donors (Lipinski definition) is 1. The predicted octanol–water partition coefficient (Wildman–Crippen LogP) is 1.70. The van der Waals surface area contributed by atoms with Crippen molar-refractivity contribution in [3.63, 3.8) is 0 Å². The van der Waals surface area contributed by atoms with Crippen LogP contribution in [0.1, 0.15) is 30.1 Å². The Morgan fingerprint density at radius 2 is 2.38 bits per heavy atom. The first-order chi connectivity index (χ1) is 10.2. The molecule has 0 radical (unpaired) electrons. The number of nitrogen functional groups attached to an aromatic ring is 1. The van der Waals surface area contributed by atoms with Crippen LogP contribution in [0.2, 0.25) is 0 Å². The third-order valence-electron chi connectivity index (χ3n) is 3.66. The molecule has 6 nitrogen and oxygen atoms in total. The van der Waals surface area contributed by atoms with Gasteiger partial charge in [0.1, 0.15) is 5.82 Å². The van der Waals surface area contributed by atoms with Crippen LogP contribution in [0, 0.1) is 5.92 Å². The molecule has 2 heterocycles. The summed E-state index contributed by atoms with van der Waals surface area (Å²) in [5.74, 6) is 0.867. The SMILES string of the molecule is CCOC(=O)c1cc(N2CCCC(COC)C2)ncc1N. The number of anilines is 2. The van der Waals surface area contributed by atoms with Crippen molar-refractivity contribution in [2.24, 2.45) is 5.92 Å². The molecule has 116 valence electrons. The highest BCUT2D eigenvalue weighted by Crippen LogP contribution is 2.24. The van der Waals surface area contributed by atoms with Crippen molar-refractivity contribution in [2.75, 3.05) is 44.0 Å². The van der Waals surface area contributed by atoms with E-state index in [9.17, 15) is 4.79 Å². The van der Waals surface area contributed by atoms with E-state index in [1.165, 1.54) is 6.20 Å². The van der Waals surface area contributed by atoms with Gasteiger partial charge in [-0.05, 0) is 31.7 Å². The number of esters is 1. The first-order valence-corrected chi connectivity index (χ1v) is 7.32. The lowest BCUT2D eigenvalue weighted by Gasteiger charge is -2.33. The quantitative estimate of drug-likeness (QED) is 0.833. The largest absolute Gasteiger partial charge is 0.462 e. The number of methoxy groups -OCH3 is 1. The molecule has 1 aliphatic heterocycles. The van der Waals surface area contributed by atoms with Crippen LogP contribution >= 0.6 is 0 Å². The lowest BCUT2D eigenvalue weighted by Crippen LogP contribution is -2.37. The zero-order valence-electron chi connectivity index (χ0n) is 12.7. The summed E-state index contributed by atoms with van der Waals surface area (Å²) in [5, 5.41) is 0. The molecule has 0 aromatic carbocycles. The van der Waals surface area contributed by atoms with Crippen molar-refractivity contribution in [1.29, 1.82) is 0 Å². The molecule has 1 fully saturated rings. The van der Waals surface area contributed by atoms with E-state index in [4.69, 9.17) is 15.2 Å². The number of piperidine rings is 1. The van der Waals surface area contributed by atoms with Gasteiger partial charge in [0, 0.05) is 20.2 Å². The standard InChI is InChI=1S/C15H23N3O3/c1-3-21-15(19)12-7-14(17-8-13(12)16)18-6-4-5-11(9-18)10-20-2/h7-8,11H,3-6,9-10,16H2,1-2H3. The Balaban J connectivity index is 2.16. The van der Waals surface area contributed by atoms with E-state index in [1.54, 1.807) is 20.1 Å². The summed E-state index contributed by atoms with van der Waals surface area (Å²) in [6, 6.07) is 1.72. The van der Waals surface area contributed by atoms with E-state index in [0.29, 0.717) is 23.8 Å². The monoisotopic (exact) mass is 293 g/mol. The van der Waals surface area contributed by atoms with Crippen molar-refractivity contribution in [2.45, 2.75) is 19.8 Å². The molecule has 1 atom stereocenters. The molecule has 21 heavy (non-hydrogen) atoms. The minimum Gasteiger partial charge on any atom is -0.462 e.